The largest absolute Gasteiger partial charge is 0.295 e. The Hall–Kier alpha value is -1.27. The maximum absolute atomic E-state index is 11.2. The van der Waals surface area contributed by atoms with Gasteiger partial charge in [-0.3, -0.25) is 4.57 Å². The van der Waals surface area contributed by atoms with Crippen molar-refractivity contribution in [1.82, 2.24) is 9.55 Å². The first kappa shape index (κ1) is 15.1. The first-order chi connectivity index (χ1) is 9.37. The maximum atomic E-state index is 11.2. The Balaban J connectivity index is 2.22. The van der Waals surface area contributed by atoms with Gasteiger partial charge in [0.2, 0.25) is 0 Å². The van der Waals surface area contributed by atoms with Crippen molar-refractivity contribution < 1.29 is 8.42 Å². The lowest BCUT2D eigenvalue weighted by atomic mass is 10.1. The van der Waals surface area contributed by atoms with Crippen LogP contribution in [0.3, 0.4) is 0 Å². The Morgan fingerprint density at radius 2 is 2.05 bits per heavy atom. The maximum Gasteiger partial charge on any atom is 0.172 e. The van der Waals surface area contributed by atoms with E-state index in [0.717, 1.165) is 10.8 Å². The minimum Gasteiger partial charge on any atom is -0.295 e. The summed E-state index contributed by atoms with van der Waals surface area (Å²) in [5.41, 5.74) is 3.44. The quantitative estimate of drug-likeness (QED) is 0.797. The molecule has 2 aromatic rings. The number of rotatable bonds is 5. The van der Waals surface area contributed by atoms with Crippen molar-refractivity contribution in [1.29, 1.82) is 0 Å². The highest BCUT2D eigenvalue weighted by Crippen LogP contribution is 2.23. The van der Waals surface area contributed by atoms with Gasteiger partial charge in [0.05, 0.1) is 11.4 Å². The predicted octanol–water partition coefficient (Wildman–Crippen LogP) is 2.63. The van der Waals surface area contributed by atoms with Crippen LogP contribution in [0, 0.1) is 13.8 Å². The second kappa shape index (κ2) is 6.01. The Morgan fingerprint density at radius 3 is 2.75 bits per heavy atom. The van der Waals surface area contributed by atoms with Gasteiger partial charge < -0.3 is 0 Å². The Bertz CT molecular complexity index is 706. The zero-order valence-electron chi connectivity index (χ0n) is 11.8. The Morgan fingerprint density at radius 1 is 1.30 bits per heavy atom. The Kier molecular flexibility index (Phi) is 4.55. The summed E-state index contributed by atoms with van der Waals surface area (Å²) in [7, 11) is -2.93. The number of hydrogen-bond donors (Lipinski definition) is 0. The normalized spacial score (nSPS) is 11.8. The molecule has 4 nitrogen and oxygen atoms in total. The van der Waals surface area contributed by atoms with Gasteiger partial charge in [-0.1, -0.05) is 23.9 Å². The SMILES string of the molecule is Cc1ccc(C)c(-n2ccnc2SCCS(C)(=O)=O)c1. The smallest absolute Gasteiger partial charge is 0.172 e. The van der Waals surface area contributed by atoms with E-state index >= 15 is 0 Å². The number of nitrogens with zero attached hydrogens (tertiary/aromatic N) is 2. The molecular formula is C14H18N2O2S2. The topological polar surface area (TPSA) is 52.0 Å². The summed E-state index contributed by atoms with van der Waals surface area (Å²) in [6, 6.07) is 6.26. The molecule has 0 spiro atoms. The number of sulfone groups is 1. The summed E-state index contributed by atoms with van der Waals surface area (Å²) in [5.74, 6) is 0.679. The monoisotopic (exact) mass is 310 g/mol. The van der Waals surface area contributed by atoms with Crippen molar-refractivity contribution in [2.75, 3.05) is 17.8 Å². The molecule has 108 valence electrons. The lowest BCUT2D eigenvalue weighted by Gasteiger charge is -2.11. The first-order valence-corrected chi connectivity index (χ1v) is 9.33. The van der Waals surface area contributed by atoms with E-state index in [0.29, 0.717) is 5.75 Å². The van der Waals surface area contributed by atoms with E-state index < -0.39 is 9.84 Å². The molecule has 6 heteroatoms. The van der Waals surface area contributed by atoms with Gasteiger partial charge in [-0.05, 0) is 31.0 Å². The van der Waals surface area contributed by atoms with E-state index in [-0.39, 0.29) is 5.75 Å². The molecule has 0 N–H and O–H groups in total. The van der Waals surface area contributed by atoms with Crippen LogP contribution >= 0.6 is 11.8 Å². The van der Waals surface area contributed by atoms with E-state index in [1.165, 1.54) is 29.1 Å². The van der Waals surface area contributed by atoms with Gasteiger partial charge in [-0.2, -0.15) is 0 Å². The molecule has 1 aromatic carbocycles. The minimum atomic E-state index is -2.93. The van der Waals surface area contributed by atoms with Gasteiger partial charge in [0.25, 0.3) is 0 Å². The van der Waals surface area contributed by atoms with Gasteiger partial charge in [-0.15, -0.1) is 0 Å². The van der Waals surface area contributed by atoms with Crippen LogP contribution in [0.15, 0.2) is 35.7 Å². The molecule has 0 bridgehead atoms. The summed E-state index contributed by atoms with van der Waals surface area (Å²) in [4.78, 5) is 4.31. The van der Waals surface area contributed by atoms with Crippen molar-refractivity contribution in [3.63, 3.8) is 0 Å². The first-order valence-electron chi connectivity index (χ1n) is 6.28. The van der Waals surface area contributed by atoms with Crippen LogP contribution in [-0.4, -0.2) is 35.7 Å². The number of imidazole rings is 1. The van der Waals surface area contributed by atoms with Gasteiger partial charge >= 0.3 is 0 Å². The molecule has 0 radical (unpaired) electrons. The van der Waals surface area contributed by atoms with Crippen LogP contribution in [0.5, 0.6) is 0 Å². The third-order valence-corrected chi connectivity index (χ3v) is 5.09. The number of thioether (sulfide) groups is 1. The standard InChI is InChI=1S/C14H18N2O2S2/c1-11-4-5-12(2)13(10-11)16-7-6-15-14(16)19-8-9-20(3,17)18/h4-7,10H,8-9H2,1-3H3. The summed E-state index contributed by atoms with van der Waals surface area (Å²) in [6.07, 6.45) is 4.90. The van der Waals surface area contributed by atoms with Crippen molar-refractivity contribution in [3.05, 3.63) is 41.7 Å². The van der Waals surface area contributed by atoms with Gasteiger partial charge in [0.1, 0.15) is 9.84 Å². The average Bonchev–Trinajstić information content (AvgIpc) is 2.79. The number of aryl methyl sites for hydroxylation is 2. The third kappa shape index (κ3) is 3.86. The fourth-order valence-electron chi connectivity index (χ4n) is 1.84. The molecule has 0 aliphatic carbocycles. The zero-order chi connectivity index (χ0) is 14.8. The highest BCUT2D eigenvalue weighted by Gasteiger charge is 2.10. The highest BCUT2D eigenvalue weighted by molar-refractivity contribution is 8.00. The summed E-state index contributed by atoms with van der Waals surface area (Å²) < 4.78 is 24.4. The molecule has 1 aromatic heterocycles. The molecule has 0 aliphatic rings. The van der Waals surface area contributed by atoms with E-state index in [2.05, 4.69) is 37.0 Å². The zero-order valence-corrected chi connectivity index (χ0v) is 13.5. The van der Waals surface area contributed by atoms with E-state index in [1.54, 1.807) is 6.20 Å². The van der Waals surface area contributed by atoms with Crippen molar-refractivity contribution >= 4 is 21.6 Å². The van der Waals surface area contributed by atoms with Crippen LogP contribution < -0.4 is 0 Å². The molecule has 0 fully saturated rings. The van der Waals surface area contributed by atoms with Gasteiger partial charge in [0.15, 0.2) is 5.16 Å². The average molecular weight is 310 g/mol. The second-order valence-electron chi connectivity index (χ2n) is 4.85. The minimum absolute atomic E-state index is 0.164. The van der Waals surface area contributed by atoms with E-state index in [4.69, 9.17) is 0 Å². The van der Waals surface area contributed by atoms with Gasteiger partial charge in [0, 0.05) is 24.4 Å². The lowest BCUT2D eigenvalue weighted by Crippen LogP contribution is -2.06. The molecule has 0 saturated carbocycles. The van der Waals surface area contributed by atoms with Crippen molar-refractivity contribution in [3.8, 4) is 5.69 Å². The van der Waals surface area contributed by atoms with Crippen LogP contribution in [-0.2, 0) is 9.84 Å². The molecule has 0 amide bonds. The number of aromatic nitrogens is 2. The van der Waals surface area contributed by atoms with Crippen molar-refractivity contribution in [2.45, 2.75) is 19.0 Å². The van der Waals surface area contributed by atoms with E-state index in [9.17, 15) is 8.42 Å². The summed E-state index contributed by atoms with van der Waals surface area (Å²) >= 11 is 1.46. The predicted molar refractivity (Wildman–Crippen MR) is 83.5 cm³/mol. The molecule has 0 aliphatic heterocycles. The van der Waals surface area contributed by atoms with Crippen LogP contribution in [0.4, 0.5) is 0 Å². The van der Waals surface area contributed by atoms with Crippen LogP contribution in [0.2, 0.25) is 0 Å². The molecule has 2 rings (SSSR count). The molecule has 1 heterocycles. The number of hydrogen-bond acceptors (Lipinski definition) is 4. The molecule has 0 saturated heterocycles. The van der Waals surface area contributed by atoms with Crippen LogP contribution in [0.1, 0.15) is 11.1 Å². The lowest BCUT2D eigenvalue weighted by molar-refractivity contribution is 0.603. The second-order valence-corrected chi connectivity index (χ2v) is 8.17. The summed E-state index contributed by atoms with van der Waals surface area (Å²) in [6.45, 7) is 4.11. The fraction of sp³-hybridized carbons (Fsp3) is 0.357. The Labute approximate surface area is 124 Å². The van der Waals surface area contributed by atoms with Gasteiger partial charge in [-0.25, -0.2) is 13.4 Å². The molecular weight excluding hydrogens is 292 g/mol. The number of benzene rings is 1. The molecule has 0 atom stereocenters. The fourth-order valence-corrected chi connectivity index (χ4v) is 4.00. The third-order valence-electron chi connectivity index (χ3n) is 2.92. The van der Waals surface area contributed by atoms with Crippen molar-refractivity contribution in [2.24, 2.45) is 0 Å². The summed E-state index contributed by atoms with van der Waals surface area (Å²) in [5, 5.41) is 0.822. The van der Waals surface area contributed by atoms with E-state index in [1.807, 2.05) is 10.8 Å². The van der Waals surface area contributed by atoms with Crippen LogP contribution in [0.25, 0.3) is 5.69 Å². The highest BCUT2D eigenvalue weighted by atomic mass is 32.2. The molecule has 20 heavy (non-hydrogen) atoms. The molecule has 0 unspecified atom stereocenters.